The maximum absolute atomic E-state index is 9.69. The second-order valence-electron chi connectivity index (χ2n) is 14.3. The monoisotopic (exact) mass is 746 g/mol. The molecule has 0 atom stereocenters. The minimum atomic E-state index is -0.376. The summed E-state index contributed by atoms with van der Waals surface area (Å²) in [7, 11) is 0. The molecule has 3 heterocycles. The number of para-hydroxylation sites is 3. The van der Waals surface area contributed by atoms with E-state index in [9.17, 15) is 4.11 Å². The van der Waals surface area contributed by atoms with Crippen molar-refractivity contribution in [1.82, 2.24) is 19.5 Å². The van der Waals surface area contributed by atoms with Crippen molar-refractivity contribution in [3.8, 4) is 51.0 Å². The molecule has 0 fully saturated rings. The second-order valence-corrected chi connectivity index (χ2v) is 14.3. The molecule has 5 heteroatoms. The Bertz CT molecular complexity index is 3870. The van der Waals surface area contributed by atoms with Crippen molar-refractivity contribution in [1.29, 1.82) is 0 Å². The van der Waals surface area contributed by atoms with E-state index < -0.39 is 0 Å². The maximum atomic E-state index is 9.69. The molecule has 3 aromatic heterocycles. The Morgan fingerprint density at radius 1 is 0.431 bits per heavy atom. The number of benzene rings is 9. The fourth-order valence-electron chi connectivity index (χ4n) is 8.45. The minimum Gasteiger partial charge on any atom is -0.455 e. The fourth-order valence-corrected chi connectivity index (χ4v) is 8.45. The van der Waals surface area contributed by atoms with Gasteiger partial charge in [0.05, 0.1) is 24.9 Å². The molecule has 0 aliphatic heterocycles. The summed E-state index contributed by atoms with van der Waals surface area (Å²) in [6, 6.07) is 50.0. The lowest BCUT2D eigenvalue weighted by Crippen LogP contribution is -2.02. The first-order chi connectivity index (χ1) is 31.3. The number of rotatable bonds is 5. The van der Waals surface area contributed by atoms with Gasteiger partial charge in [0, 0.05) is 54.7 Å². The van der Waals surface area contributed by atoms with Gasteiger partial charge in [-0.2, -0.15) is 0 Å². The maximum Gasteiger partial charge on any atom is 0.164 e. The van der Waals surface area contributed by atoms with Crippen LogP contribution >= 0.6 is 0 Å². The van der Waals surface area contributed by atoms with E-state index in [1.165, 1.54) is 6.07 Å². The third kappa shape index (κ3) is 4.93. The predicted octanol–water partition coefficient (Wildman–Crippen LogP) is 13.8. The van der Waals surface area contributed by atoms with Gasteiger partial charge in [-0.05, 0) is 46.5 Å². The first-order valence-corrected chi connectivity index (χ1v) is 19.0. The highest BCUT2D eigenvalue weighted by atomic mass is 16.3. The molecule has 58 heavy (non-hydrogen) atoms. The van der Waals surface area contributed by atoms with Gasteiger partial charge < -0.3 is 8.98 Å². The SMILES string of the molecule is [2H]c1cc([2H])c2oc3c(-c4cc(-c5nc(-c6ccccc6)nc(-c6ccccc6)n5)ccc4-n4c5ccccc5c5c6ccccc6c6ccccc6c54)c([2H])c([2H])c([2H])c3c2c1[2H]. The Hall–Kier alpha value is -7.89. The molecule has 0 unspecified atom stereocenters. The Kier molecular flexibility index (Phi) is 5.94. The van der Waals surface area contributed by atoms with Crippen molar-refractivity contribution in [3.63, 3.8) is 0 Å². The highest BCUT2D eigenvalue weighted by molar-refractivity contribution is 6.32. The lowest BCUT2D eigenvalue weighted by Gasteiger charge is -2.17. The third-order valence-electron chi connectivity index (χ3n) is 11.0. The number of aromatic nitrogens is 4. The van der Waals surface area contributed by atoms with E-state index in [1.54, 1.807) is 0 Å². The number of hydrogen-bond acceptors (Lipinski definition) is 4. The van der Waals surface area contributed by atoms with Crippen LogP contribution in [-0.2, 0) is 0 Å². The van der Waals surface area contributed by atoms with Crippen LogP contribution in [0.4, 0.5) is 0 Å². The Balaban J connectivity index is 1.26. The van der Waals surface area contributed by atoms with Gasteiger partial charge in [0.1, 0.15) is 11.2 Å². The summed E-state index contributed by atoms with van der Waals surface area (Å²) in [5, 5.41) is 6.57. The second kappa shape index (κ2) is 12.8. The van der Waals surface area contributed by atoms with E-state index in [2.05, 4.69) is 53.1 Å². The molecule has 0 radical (unpaired) electrons. The summed E-state index contributed by atoms with van der Waals surface area (Å²) < 4.78 is 63.1. The standard InChI is InChI=1S/C53H32N4O/c1-3-16-33(17-4-1)51-54-52(34-18-5-2-6-19-34)56-53(55-51)35-30-31-46(44(32-35)42-27-15-26-41-38-22-12-14-29-47(38)58-50(41)42)57-45-28-13-11-25-43(45)48-39-23-9-7-20-36(39)37-21-8-10-24-40(37)49(48)57/h1-32H/i12D,15D,22D,26D,27D,29D. The zero-order valence-electron chi connectivity index (χ0n) is 36.7. The molecule has 0 aliphatic carbocycles. The van der Waals surface area contributed by atoms with Gasteiger partial charge in [0.15, 0.2) is 17.5 Å². The highest BCUT2D eigenvalue weighted by Gasteiger charge is 2.23. The smallest absolute Gasteiger partial charge is 0.164 e. The number of furan rings is 1. The van der Waals surface area contributed by atoms with E-state index >= 15 is 0 Å². The van der Waals surface area contributed by atoms with Crippen LogP contribution in [0.3, 0.4) is 0 Å². The fraction of sp³-hybridized carbons (Fsp3) is 0. The number of hydrogen-bond donors (Lipinski definition) is 0. The molecule has 12 rings (SSSR count). The van der Waals surface area contributed by atoms with E-state index in [4.69, 9.17) is 23.5 Å². The largest absolute Gasteiger partial charge is 0.455 e. The van der Waals surface area contributed by atoms with Crippen LogP contribution in [0.5, 0.6) is 0 Å². The summed E-state index contributed by atoms with van der Waals surface area (Å²) in [4.78, 5) is 15.0. The van der Waals surface area contributed by atoms with Gasteiger partial charge in [-0.15, -0.1) is 0 Å². The molecular weight excluding hydrogens is 709 g/mol. The lowest BCUT2D eigenvalue weighted by molar-refractivity contribution is 0.670. The van der Waals surface area contributed by atoms with E-state index in [1.807, 2.05) is 103 Å². The van der Waals surface area contributed by atoms with Crippen LogP contribution < -0.4 is 0 Å². The molecular formula is C53H32N4O. The molecule has 12 aromatic rings. The van der Waals surface area contributed by atoms with Gasteiger partial charge in [-0.3, -0.25) is 0 Å². The summed E-state index contributed by atoms with van der Waals surface area (Å²) in [6.07, 6.45) is 0. The van der Waals surface area contributed by atoms with Crippen LogP contribution in [0.15, 0.2) is 198 Å². The zero-order chi connectivity index (χ0) is 43.4. The summed E-state index contributed by atoms with van der Waals surface area (Å²) in [5.74, 6) is 1.32. The molecule has 0 saturated carbocycles. The van der Waals surface area contributed by atoms with Gasteiger partial charge in [0.25, 0.3) is 0 Å². The van der Waals surface area contributed by atoms with Crippen molar-refractivity contribution in [2.75, 3.05) is 0 Å². The number of fused-ring (bicyclic) bond motifs is 11. The molecule has 0 bridgehead atoms. The van der Waals surface area contributed by atoms with Crippen molar-refractivity contribution >= 4 is 65.3 Å². The Morgan fingerprint density at radius 2 is 1.02 bits per heavy atom. The molecule has 0 spiro atoms. The van der Waals surface area contributed by atoms with Crippen LogP contribution in [0.2, 0.25) is 0 Å². The summed E-state index contributed by atoms with van der Waals surface area (Å²) in [5.41, 5.74) is 5.47. The summed E-state index contributed by atoms with van der Waals surface area (Å²) >= 11 is 0. The van der Waals surface area contributed by atoms with E-state index in [0.29, 0.717) is 34.3 Å². The van der Waals surface area contributed by atoms with Crippen LogP contribution in [0.1, 0.15) is 8.22 Å². The molecule has 9 aromatic carbocycles. The molecule has 0 saturated heterocycles. The first kappa shape index (κ1) is 26.8. The zero-order valence-corrected chi connectivity index (χ0v) is 30.7. The predicted molar refractivity (Wildman–Crippen MR) is 238 cm³/mol. The van der Waals surface area contributed by atoms with E-state index in [-0.39, 0.29) is 63.8 Å². The van der Waals surface area contributed by atoms with Crippen molar-refractivity contribution in [2.24, 2.45) is 0 Å². The van der Waals surface area contributed by atoms with Crippen molar-refractivity contribution in [3.05, 3.63) is 194 Å². The molecule has 0 N–H and O–H groups in total. The highest BCUT2D eigenvalue weighted by Crippen LogP contribution is 2.46. The average molecular weight is 747 g/mol. The molecule has 0 amide bonds. The average Bonchev–Trinajstić information content (AvgIpc) is 3.91. The first-order valence-electron chi connectivity index (χ1n) is 22.0. The van der Waals surface area contributed by atoms with Crippen LogP contribution in [0, 0.1) is 0 Å². The van der Waals surface area contributed by atoms with Crippen LogP contribution in [0.25, 0.3) is 116 Å². The van der Waals surface area contributed by atoms with Gasteiger partial charge in [-0.25, -0.2) is 15.0 Å². The van der Waals surface area contributed by atoms with Crippen LogP contribution in [-0.4, -0.2) is 19.5 Å². The van der Waals surface area contributed by atoms with Gasteiger partial charge in [-0.1, -0.05) is 164 Å². The third-order valence-corrected chi connectivity index (χ3v) is 11.0. The normalized spacial score (nSPS) is 13.2. The minimum absolute atomic E-state index is 0.0141. The molecule has 0 aliphatic rings. The number of nitrogens with zero attached hydrogens (tertiary/aromatic N) is 4. The molecule has 5 nitrogen and oxygen atoms in total. The Labute approximate surface area is 341 Å². The van der Waals surface area contributed by atoms with Crippen molar-refractivity contribution < 1.29 is 12.6 Å². The molecule has 270 valence electrons. The lowest BCUT2D eigenvalue weighted by atomic mass is 9.96. The van der Waals surface area contributed by atoms with E-state index in [0.717, 1.165) is 54.5 Å². The van der Waals surface area contributed by atoms with Gasteiger partial charge >= 0.3 is 0 Å². The topological polar surface area (TPSA) is 56.7 Å². The quantitative estimate of drug-likeness (QED) is 0.165. The van der Waals surface area contributed by atoms with Gasteiger partial charge in [0.2, 0.25) is 0 Å². The summed E-state index contributed by atoms with van der Waals surface area (Å²) in [6.45, 7) is 0. The Morgan fingerprint density at radius 3 is 1.74 bits per heavy atom. The van der Waals surface area contributed by atoms with Crippen molar-refractivity contribution in [2.45, 2.75) is 0 Å².